The molecule has 2 aromatic heterocycles. The largest absolute Gasteiger partial charge is 0.352 e. The van der Waals surface area contributed by atoms with Crippen LogP contribution in [0.4, 0.5) is 17.5 Å². The lowest BCUT2D eigenvalue weighted by atomic mass is 10.1. The van der Waals surface area contributed by atoms with Gasteiger partial charge in [-0.25, -0.2) is 4.98 Å². The van der Waals surface area contributed by atoms with Crippen LogP contribution < -0.4 is 10.2 Å². The van der Waals surface area contributed by atoms with Crippen molar-refractivity contribution < 1.29 is 4.79 Å². The summed E-state index contributed by atoms with van der Waals surface area (Å²) >= 11 is 0. The molecule has 1 fully saturated rings. The zero-order chi connectivity index (χ0) is 20.9. The van der Waals surface area contributed by atoms with Gasteiger partial charge in [0.25, 0.3) is 5.91 Å². The molecule has 7 nitrogen and oxygen atoms in total. The van der Waals surface area contributed by atoms with E-state index in [0.717, 1.165) is 42.3 Å². The van der Waals surface area contributed by atoms with Crippen LogP contribution in [0.25, 0.3) is 0 Å². The van der Waals surface area contributed by atoms with Gasteiger partial charge in [0.2, 0.25) is 0 Å². The summed E-state index contributed by atoms with van der Waals surface area (Å²) < 4.78 is 0. The van der Waals surface area contributed by atoms with E-state index in [-0.39, 0.29) is 5.91 Å². The first kappa shape index (κ1) is 19.8. The predicted octanol–water partition coefficient (Wildman–Crippen LogP) is 3.45. The molecule has 1 aromatic carbocycles. The van der Waals surface area contributed by atoms with Crippen LogP contribution in [0.2, 0.25) is 0 Å². The molecule has 0 aliphatic carbocycles. The molecule has 0 atom stereocenters. The summed E-state index contributed by atoms with van der Waals surface area (Å²) in [6, 6.07) is 15.7. The maximum atomic E-state index is 12.7. The summed E-state index contributed by atoms with van der Waals surface area (Å²) in [5.74, 6) is 2.31. The third-order valence-corrected chi connectivity index (χ3v) is 5.32. The Morgan fingerprint density at radius 3 is 2.37 bits per heavy atom. The van der Waals surface area contributed by atoms with Gasteiger partial charge in [-0.3, -0.25) is 4.79 Å². The number of rotatable bonds is 5. The van der Waals surface area contributed by atoms with E-state index < -0.39 is 0 Å². The first-order chi connectivity index (χ1) is 14.6. The van der Waals surface area contributed by atoms with Gasteiger partial charge in [0, 0.05) is 37.9 Å². The van der Waals surface area contributed by atoms with Gasteiger partial charge >= 0.3 is 0 Å². The first-order valence-electron chi connectivity index (χ1n) is 10.3. The number of anilines is 3. The Bertz CT molecular complexity index is 995. The summed E-state index contributed by atoms with van der Waals surface area (Å²) in [6.45, 7) is 6.94. The summed E-state index contributed by atoms with van der Waals surface area (Å²) in [7, 11) is 0. The molecular formula is C23H26N6O. The number of pyridine rings is 1. The summed E-state index contributed by atoms with van der Waals surface area (Å²) in [5.41, 5.74) is 3.12. The number of piperazine rings is 1. The molecule has 0 unspecified atom stereocenters. The fourth-order valence-corrected chi connectivity index (χ4v) is 3.50. The number of nitrogens with zero attached hydrogens (tertiary/aromatic N) is 5. The molecule has 0 spiro atoms. The van der Waals surface area contributed by atoms with E-state index in [1.54, 1.807) is 6.20 Å². The highest BCUT2D eigenvalue weighted by Gasteiger charge is 2.23. The second-order valence-corrected chi connectivity index (χ2v) is 7.45. The Morgan fingerprint density at radius 2 is 1.73 bits per heavy atom. The van der Waals surface area contributed by atoms with Crippen molar-refractivity contribution in [1.29, 1.82) is 0 Å². The van der Waals surface area contributed by atoms with Gasteiger partial charge in [0.1, 0.15) is 5.82 Å². The number of nitrogens with one attached hydrogen (secondary N) is 1. The minimum Gasteiger partial charge on any atom is -0.352 e. The molecule has 3 heterocycles. The molecule has 1 N–H and O–H groups in total. The summed E-state index contributed by atoms with van der Waals surface area (Å²) in [5, 5.41) is 11.8. The predicted molar refractivity (Wildman–Crippen MR) is 118 cm³/mol. The van der Waals surface area contributed by atoms with Crippen molar-refractivity contribution in [3.8, 4) is 0 Å². The lowest BCUT2D eigenvalue weighted by Gasteiger charge is -2.35. The highest BCUT2D eigenvalue weighted by molar-refractivity contribution is 5.94. The van der Waals surface area contributed by atoms with Gasteiger partial charge in [0.05, 0.1) is 0 Å². The second-order valence-electron chi connectivity index (χ2n) is 7.45. The molecule has 0 saturated carbocycles. The monoisotopic (exact) mass is 402 g/mol. The Morgan fingerprint density at radius 1 is 0.967 bits per heavy atom. The van der Waals surface area contributed by atoms with Gasteiger partial charge in [-0.05, 0) is 60.9 Å². The van der Waals surface area contributed by atoms with Crippen LogP contribution in [0, 0.1) is 6.92 Å². The zero-order valence-electron chi connectivity index (χ0n) is 17.4. The fourth-order valence-electron chi connectivity index (χ4n) is 3.50. The molecule has 1 aliphatic heterocycles. The molecule has 154 valence electrons. The highest BCUT2D eigenvalue weighted by atomic mass is 16.2. The minimum atomic E-state index is 0.0913. The van der Waals surface area contributed by atoms with Crippen molar-refractivity contribution in [3.63, 3.8) is 0 Å². The molecule has 3 aromatic rings. The van der Waals surface area contributed by atoms with Gasteiger partial charge in [-0.15, -0.1) is 10.2 Å². The zero-order valence-corrected chi connectivity index (χ0v) is 17.4. The number of hydrogen-bond acceptors (Lipinski definition) is 6. The van der Waals surface area contributed by atoms with Crippen molar-refractivity contribution in [2.75, 3.05) is 36.4 Å². The number of benzene rings is 1. The van der Waals surface area contributed by atoms with E-state index in [2.05, 4.69) is 32.3 Å². The molecule has 4 rings (SSSR count). The summed E-state index contributed by atoms with van der Waals surface area (Å²) in [4.78, 5) is 21.1. The molecule has 30 heavy (non-hydrogen) atoms. The SMILES string of the molecule is CCc1ccc(C(=O)N2CCN(c3ccc(Nc4cc(C)ccn4)nn3)CC2)cc1. The minimum absolute atomic E-state index is 0.0913. The lowest BCUT2D eigenvalue weighted by Crippen LogP contribution is -2.49. The standard InChI is InChI=1S/C23H26N6O/c1-3-18-4-6-19(7-5-18)23(30)29-14-12-28(13-15-29)22-9-8-20(26-27-22)25-21-16-17(2)10-11-24-21/h4-11,16H,3,12-15H2,1-2H3,(H,24,25,26). The number of carbonyl (C=O) groups excluding carboxylic acids is 1. The molecule has 1 amide bonds. The maximum absolute atomic E-state index is 12.7. The smallest absolute Gasteiger partial charge is 0.253 e. The molecule has 0 bridgehead atoms. The van der Waals surface area contributed by atoms with Crippen LogP contribution in [-0.4, -0.2) is 52.2 Å². The Hall–Kier alpha value is -3.48. The first-order valence-corrected chi connectivity index (χ1v) is 10.3. The maximum Gasteiger partial charge on any atom is 0.253 e. The quantitative estimate of drug-likeness (QED) is 0.705. The highest BCUT2D eigenvalue weighted by Crippen LogP contribution is 2.18. The van der Waals surface area contributed by atoms with Gasteiger partial charge in [0.15, 0.2) is 11.6 Å². The third-order valence-electron chi connectivity index (χ3n) is 5.32. The van der Waals surface area contributed by atoms with Gasteiger partial charge in [-0.1, -0.05) is 19.1 Å². The summed E-state index contributed by atoms with van der Waals surface area (Å²) in [6.07, 6.45) is 2.74. The van der Waals surface area contributed by atoms with Gasteiger partial charge < -0.3 is 15.1 Å². The van der Waals surface area contributed by atoms with Crippen LogP contribution >= 0.6 is 0 Å². The number of carbonyl (C=O) groups is 1. The topological polar surface area (TPSA) is 74.2 Å². The molecule has 0 radical (unpaired) electrons. The van der Waals surface area contributed by atoms with Crippen molar-refractivity contribution in [3.05, 3.63) is 71.4 Å². The Balaban J connectivity index is 1.33. The number of amides is 1. The van der Waals surface area contributed by atoms with Crippen LogP contribution in [0.3, 0.4) is 0 Å². The van der Waals surface area contributed by atoms with Crippen LogP contribution in [-0.2, 0) is 6.42 Å². The Labute approximate surface area is 176 Å². The molecule has 1 aliphatic rings. The van der Waals surface area contributed by atoms with E-state index >= 15 is 0 Å². The average Bonchev–Trinajstić information content (AvgIpc) is 2.79. The van der Waals surface area contributed by atoms with E-state index in [9.17, 15) is 4.79 Å². The van der Waals surface area contributed by atoms with E-state index in [1.165, 1.54) is 5.56 Å². The van der Waals surface area contributed by atoms with Crippen LogP contribution in [0.15, 0.2) is 54.7 Å². The van der Waals surface area contributed by atoms with Crippen molar-refractivity contribution in [2.45, 2.75) is 20.3 Å². The Kier molecular flexibility index (Phi) is 5.88. The molecular weight excluding hydrogens is 376 g/mol. The molecule has 7 heteroatoms. The number of aromatic nitrogens is 3. The number of hydrogen-bond donors (Lipinski definition) is 1. The van der Waals surface area contributed by atoms with E-state index in [1.807, 2.05) is 60.4 Å². The van der Waals surface area contributed by atoms with E-state index in [4.69, 9.17) is 0 Å². The van der Waals surface area contributed by atoms with Crippen LogP contribution in [0.5, 0.6) is 0 Å². The van der Waals surface area contributed by atoms with E-state index in [0.29, 0.717) is 18.9 Å². The normalized spacial score (nSPS) is 13.9. The van der Waals surface area contributed by atoms with Crippen LogP contribution in [0.1, 0.15) is 28.4 Å². The van der Waals surface area contributed by atoms with Crippen molar-refractivity contribution >= 4 is 23.4 Å². The van der Waals surface area contributed by atoms with Gasteiger partial charge in [-0.2, -0.15) is 0 Å². The third kappa shape index (κ3) is 4.56. The lowest BCUT2D eigenvalue weighted by molar-refractivity contribution is 0.0746. The van der Waals surface area contributed by atoms with Crippen molar-refractivity contribution in [2.24, 2.45) is 0 Å². The van der Waals surface area contributed by atoms with Crippen molar-refractivity contribution in [1.82, 2.24) is 20.1 Å². The molecule has 1 saturated heterocycles. The fraction of sp³-hybridized carbons (Fsp3) is 0.304. The average molecular weight is 403 g/mol. The number of aryl methyl sites for hydroxylation is 2. The second kappa shape index (κ2) is 8.90.